The van der Waals surface area contributed by atoms with E-state index in [-0.39, 0.29) is 5.28 Å². The predicted molar refractivity (Wildman–Crippen MR) is 77.2 cm³/mol. The molecule has 0 N–H and O–H groups in total. The van der Waals surface area contributed by atoms with Crippen LogP contribution in [0, 0.1) is 5.92 Å². The van der Waals surface area contributed by atoms with Gasteiger partial charge in [-0.05, 0) is 43.4 Å². The van der Waals surface area contributed by atoms with Crippen LogP contribution in [0.25, 0.3) is 5.95 Å². The Morgan fingerprint density at radius 3 is 2.70 bits per heavy atom. The first-order chi connectivity index (χ1) is 9.63. The first-order valence-electron chi connectivity index (χ1n) is 6.81. The van der Waals surface area contributed by atoms with E-state index in [1.54, 1.807) is 17.1 Å². The summed E-state index contributed by atoms with van der Waals surface area (Å²) in [6, 6.07) is 2.23. The fraction of sp³-hybridized carbons (Fsp3) is 0.538. The summed E-state index contributed by atoms with van der Waals surface area (Å²) in [4.78, 5) is 15.1. The Hall–Kier alpha value is -1.69. The topological polar surface area (TPSA) is 59.7 Å². The second kappa shape index (κ2) is 5.36. The van der Waals surface area contributed by atoms with Crippen molar-refractivity contribution in [2.75, 3.05) is 11.4 Å². The van der Waals surface area contributed by atoms with E-state index in [1.807, 2.05) is 6.07 Å². The summed E-state index contributed by atoms with van der Waals surface area (Å²) in [6.07, 6.45) is 5.75. The molecule has 1 aliphatic rings. The van der Waals surface area contributed by atoms with E-state index in [0.717, 1.165) is 25.3 Å². The van der Waals surface area contributed by atoms with E-state index in [4.69, 9.17) is 11.6 Å². The third-order valence-electron chi connectivity index (χ3n) is 3.69. The van der Waals surface area contributed by atoms with Crippen molar-refractivity contribution in [3.63, 3.8) is 0 Å². The second-order valence-corrected chi connectivity index (χ2v) is 5.67. The van der Waals surface area contributed by atoms with Crippen LogP contribution in [0.15, 0.2) is 18.5 Å². The van der Waals surface area contributed by atoms with Gasteiger partial charge >= 0.3 is 0 Å². The molecule has 0 aromatic carbocycles. The molecule has 3 rings (SSSR count). The van der Waals surface area contributed by atoms with Gasteiger partial charge in [-0.2, -0.15) is 20.1 Å². The zero-order valence-electron chi connectivity index (χ0n) is 11.6. The minimum Gasteiger partial charge on any atom is -0.338 e. The number of halogens is 1. The maximum Gasteiger partial charge on any atom is 0.256 e. The number of piperidine rings is 1. The monoisotopic (exact) mass is 292 g/mol. The lowest BCUT2D eigenvalue weighted by Crippen LogP contribution is -2.41. The van der Waals surface area contributed by atoms with Gasteiger partial charge in [-0.1, -0.05) is 6.92 Å². The quantitative estimate of drug-likeness (QED) is 0.850. The predicted octanol–water partition coefficient (Wildman–Crippen LogP) is 2.34. The van der Waals surface area contributed by atoms with Gasteiger partial charge in [0.1, 0.15) is 0 Å². The number of nitrogens with zero attached hydrogens (tertiary/aromatic N) is 6. The highest BCUT2D eigenvalue weighted by atomic mass is 35.5. The lowest BCUT2D eigenvalue weighted by molar-refractivity contribution is 0.373. The Bertz CT molecular complexity index is 585. The van der Waals surface area contributed by atoms with Gasteiger partial charge in [0.05, 0.1) is 0 Å². The minimum absolute atomic E-state index is 0.200. The maximum absolute atomic E-state index is 6.03. The van der Waals surface area contributed by atoms with Crippen LogP contribution < -0.4 is 4.90 Å². The Balaban J connectivity index is 1.94. The molecule has 2 aromatic heterocycles. The first-order valence-corrected chi connectivity index (χ1v) is 7.19. The van der Waals surface area contributed by atoms with Crippen molar-refractivity contribution in [1.29, 1.82) is 0 Å². The van der Waals surface area contributed by atoms with Crippen LogP contribution in [0.4, 0.5) is 5.95 Å². The summed E-state index contributed by atoms with van der Waals surface area (Å²) in [5, 5.41) is 4.33. The lowest BCUT2D eigenvalue weighted by atomic mass is 9.94. The van der Waals surface area contributed by atoms with Gasteiger partial charge in [0.25, 0.3) is 5.95 Å². The van der Waals surface area contributed by atoms with Crippen molar-refractivity contribution in [1.82, 2.24) is 24.7 Å². The molecule has 106 valence electrons. The van der Waals surface area contributed by atoms with Gasteiger partial charge in [0, 0.05) is 25.0 Å². The maximum atomic E-state index is 6.03. The standard InChI is InChI=1S/C13H17ClN6/c1-9-4-7-19(10(2)8-9)12-16-11(14)17-13(18-12)20-6-3-5-15-20/h3,5-6,9-10H,4,7-8H2,1-2H3. The summed E-state index contributed by atoms with van der Waals surface area (Å²) in [5.41, 5.74) is 0. The van der Waals surface area contributed by atoms with E-state index in [2.05, 4.69) is 38.8 Å². The van der Waals surface area contributed by atoms with Gasteiger partial charge in [-0.15, -0.1) is 0 Å². The van der Waals surface area contributed by atoms with Gasteiger partial charge in [0.15, 0.2) is 0 Å². The second-order valence-electron chi connectivity index (χ2n) is 5.33. The highest BCUT2D eigenvalue weighted by Crippen LogP contribution is 2.26. The van der Waals surface area contributed by atoms with Gasteiger partial charge in [-0.3, -0.25) is 0 Å². The third-order valence-corrected chi connectivity index (χ3v) is 3.86. The fourth-order valence-electron chi connectivity index (χ4n) is 2.65. The lowest BCUT2D eigenvalue weighted by Gasteiger charge is -2.36. The molecule has 0 aliphatic carbocycles. The van der Waals surface area contributed by atoms with Crippen molar-refractivity contribution in [3.05, 3.63) is 23.7 Å². The number of rotatable bonds is 2. The Morgan fingerprint density at radius 1 is 1.20 bits per heavy atom. The van der Waals surface area contributed by atoms with Crippen molar-refractivity contribution < 1.29 is 0 Å². The fourth-order valence-corrected chi connectivity index (χ4v) is 2.80. The molecule has 3 heterocycles. The minimum atomic E-state index is 0.200. The van der Waals surface area contributed by atoms with Crippen LogP contribution in [0.3, 0.4) is 0 Å². The highest BCUT2D eigenvalue weighted by molar-refractivity contribution is 6.28. The first kappa shape index (κ1) is 13.3. The summed E-state index contributed by atoms with van der Waals surface area (Å²) in [7, 11) is 0. The molecule has 0 spiro atoms. The number of anilines is 1. The van der Waals surface area contributed by atoms with E-state index in [9.17, 15) is 0 Å². The summed E-state index contributed by atoms with van der Waals surface area (Å²) in [5.74, 6) is 1.83. The smallest absolute Gasteiger partial charge is 0.256 e. The largest absolute Gasteiger partial charge is 0.338 e. The molecule has 6 nitrogen and oxygen atoms in total. The molecule has 0 saturated carbocycles. The molecule has 7 heteroatoms. The summed E-state index contributed by atoms with van der Waals surface area (Å²) >= 11 is 6.03. The molecule has 2 atom stereocenters. The molecular formula is C13H17ClN6. The van der Waals surface area contributed by atoms with E-state index < -0.39 is 0 Å². The Labute approximate surface area is 122 Å². The summed E-state index contributed by atoms with van der Waals surface area (Å²) in [6.45, 7) is 5.42. The molecule has 1 aliphatic heterocycles. The molecule has 2 unspecified atom stereocenters. The zero-order valence-corrected chi connectivity index (χ0v) is 12.3. The van der Waals surface area contributed by atoms with Crippen LogP contribution >= 0.6 is 11.6 Å². The molecule has 20 heavy (non-hydrogen) atoms. The zero-order chi connectivity index (χ0) is 14.1. The number of hydrogen-bond donors (Lipinski definition) is 0. The Kier molecular flexibility index (Phi) is 3.56. The average Bonchev–Trinajstić information content (AvgIpc) is 2.91. The van der Waals surface area contributed by atoms with Gasteiger partial charge in [-0.25, -0.2) is 4.68 Å². The van der Waals surface area contributed by atoms with Crippen molar-refractivity contribution in [3.8, 4) is 5.95 Å². The molecule has 2 aromatic rings. The van der Waals surface area contributed by atoms with Crippen LogP contribution in [0.5, 0.6) is 0 Å². The number of aromatic nitrogens is 5. The Morgan fingerprint density at radius 2 is 2.00 bits per heavy atom. The van der Waals surface area contributed by atoms with E-state index in [1.165, 1.54) is 0 Å². The van der Waals surface area contributed by atoms with Crippen molar-refractivity contribution >= 4 is 17.5 Å². The van der Waals surface area contributed by atoms with Gasteiger partial charge < -0.3 is 4.90 Å². The molecule has 1 saturated heterocycles. The van der Waals surface area contributed by atoms with Crippen LogP contribution in [-0.2, 0) is 0 Å². The third kappa shape index (κ3) is 2.60. The summed E-state index contributed by atoms with van der Waals surface area (Å²) < 4.78 is 1.59. The van der Waals surface area contributed by atoms with E-state index >= 15 is 0 Å². The van der Waals surface area contributed by atoms with Crippen LogP contribution in [0.1, 0.15) is 26.7 Å². The molecule has 0 radical (unpaired) electrons. The normalized spacial score (nSPS) is 23.1. The molecule has 1 fully saturated rings. The molecule has 0 bridgehead atoms. The molecule has 0 amide bonds. The van der Waals surface area contributed by atoms with E-state index in [0.29, 0.717) is 17.9 Å². The molecular weight excluding hydrogens is 276 g/mol. The van der Waals surface area contributed by atoms with Crippen LogP contribution in [-0.4, -0.2) is 37.3 Å². The SMILES string of the molecule is CC1CCN(c2nc(Cl)nc(-n3cccn3)n2)C(C)C1. The number of hydrogen-bond acceptors (Lipinski definition) is 5. The highest BCUT2D eigenvalue weighted by Gasteiger charge is 2.25. The van der Waals surface area contributed by atoms with Crippen molar-refractivity contribution in [2.45, 2.75) is 32.7 Å². The van der Waals surface area contributed by atoms with Crippen molar-refractivity contribution in [2.24, 2.45) is 5.92 Å². The average molecular weight is 293 g/mol. The van der Waals surface area contributed by atoms with Crippen LogP contribution in [0.2, 0.25) is 5.28 Å². The van der Waals surface area contributed by atoms with Gasteiger partial charge in [0.2, 0.25) is 11.2 Å².